The number of hydrogen-bond acceptors (Lipinski definition) is 0. The summed E-state index contributed by atoms with van der Waals surface area (Å²) < 4.78 is 44.6. The predicted molar refractivity (Wildman–Crippen MR) is 505 cm³/mol. The van der Waals surface area contributed by atoms with Crippen LogP contribution in [0.1, 0.15) is 171 Å². The average molecular weight is 1580 g/mol. The zero-order chi connectivity index (χ0) is 88.0. The van der Waals surface area contributed by atoms with Gasteiger partial charge < -0.3 is 0 Å². The first-order valence-corrected chi connectivity index (χ1v) is 43.2. The highest BCUT2D eigenvalue weighted by molar-refractivity contribution is 5.76. The van der Waals surface area contributed by atoms with Gasteiger partial charge in [0.15, 0.2) is 31.0 Å². The second-order valence-electron chi connectivity index (χ2n) is 34.4. The molecule has 5 heteroatoms. The van der Waals surface area contributed by atoms with Crippen molar-refractivity contribution in [3.63, 3.8) is 0 Å². The summed E-state index contributed by atoms with van der Waals surface area (Å²) in [6.07, 6.45) is 20.5. The number of aromatic nitrogens is 5. The fourth-order valence-corrected chi connectivity index (χ4v) is 16.7. The Balaban J connectivity index is 0.000000133. The van der Waals surface area contributed by atoms with Crippen molar-refractivity contribution in [3.8, 4) is 112 Å². The van der Waals surface area contributed by atoms with E-state index in [9.17, 15) is 0 Å². The molecule has 606 valence electrons. The maximum absolute atomic E-state index is 8.69. The topological polar surface area (TPSA) is 19.4 Å². The van der Waals surface area contributed by atoms with E-state index in [1.54, 1.807) is 0 Å². The van der Waals surface area contributed by atoms with Crippen LogP contribution < -0.4 is 22.8 Å². The molecule has 0 radical (unpaired) electrons. The molecule has 0 amide bonds. The molecule has 0 atom stereocenters. The molecule has 0 N–H and O–H groups in total. The van der Waals surface area contributed by atoms with Crippen LogP contribution in [-0.4, -0.2) is 0 Å². The van der Waals surface area contributed by atoms with Crippen LogP contribution in [0, 0.1) is 47.0 Å². The smallest absolute Gasteiger partial charge is 0.201 e. The first kappa shape index (κ1) is 80.4. The van der Waals surface area contributed by atoms with E-state index in [1.807, 2.05) is 58.9 Å². The van der Waals surface area contributed by atoms with Gasteiger partial charge in [-0.25, -0.2) is 22.8 Å². The quantitative estimate of drug-likeness (QED) is 0.0967. The molecule has 0 aliphatic heterocycles. The van der Waals surface area contributed by atoms with Crippen LogP contribution >= 0.6 is 0 Å². The number of pyridine rings is 5. The summed E-state index contributed by atoms with van der Waals surface area (Å²) in [6, 6.07) is 108. The van der Waals surface area contributed by atoms with Gasteiger partial charge in [0, 0.05) is 94.0 Å². The second-order valence-corrected chi connectivity index (χ2v) is 34.4. The molecule has 2 aliphatic carbocycles. The normalized spacial score (nSPS) is 13.7. The van der Waals surface area contributed by atoms with Crippen LogP contribution in [0.2, 0.25) is 0 Å². The zero-order valence-corrected chi connectivity index (χ0v) is 73.9. The lowest BCUT2D eigenvalue weighted by molar-refractivity contribution is -0.660. The van der Waals surface area contributed by atoms with Crippen LogP contribution in [0.3, 0.4) is 0 Å². The molecule has 5 aromatic heterocycles. The van der Waals surface area contributed by atoms with Gasteiger partial charge in [0.25, 0.3) is 0 Å². The maximum Gasteiger partial charge on any atom is 0.213 e. The number of benzene rings is 10. The molecule has 0 unspecified atom stereocenters. The third-order valence-electron chi connectivity index (χ3n) is 23.9. The Hall–Kier alpha value is -12.1. The van der Waals surface area contributed by atoms with E-state index in [1.165, 1.54) is 190 Å². The van der Waals surface area contributed by atoms with Crippen LogP contribution in [0.4, 0.5) is 0 Å². The van der Waals surface area contributed by atoms with Crippen molar-refractivity contribution in [2.75, 3.05) is 0 Å². The van der Waals surface area contributed by atoms with Crippen LogP contribution in [0.25, 0.3) is 112 Å². The summed E-state index contributed by atoms with van der Waals surface area (Å²) >= 11 is 0. The fourth-order valence-electron chi connectivity index (χ4n) is 16.7. The molecule has 120 heavy (non-hydrogen) atoms. The van der Waals surface area contributed by atoms with Crippen molar-refractivity contribution < 1.29 is 28.3 Å². The van der Waals surface area contributed by atoms with Gasteiger partial charge in [0.05, 0.1) is 0 Å². The van der Waals surface area contributed by atoms with Gasteiger partial charge in [-0.3, -0.25) is 0 Å². The number of aryl methyl sites for hydroxylation is 11. The summed E-state index contributed by atoms with van der Waals surface area (Å²) in [4.78, 5) is 0. The molecule has 15 aromatic rings. The monoisotopic (exact) mass is 1580 g/mol. The van der Waals surface area contributed by atoms with Crippen molar-refractivity contribution >= 4 is 0 Å². The van der Waals surface area contributed by atoms with Gasteiger partial charge in [0.1, 0.15) is 35.2 Å². The Morgan fingerprint density at radius 2 is 0.567 bits per heavy atom. The number of rotatable bonds is 14. The Morgan fingerprint density at radius 1 is 0.308 bits per heavy atom. The summed E-state index contributed by atoms with van der Waals surface area (Å²) in [5, 5.41) is 0. The maximum atomic E-state index is 8.69. The largest absolute Gasteiger partial charge is 0.213 e. The standard InChI is InChI=1S/C25H28N.C24H26N.C24H28N.C22H24N.C20H20N/c1-19-8-6-7-11-24(19)25-18-23(16-17-26(25)2)22-14-12-21(13-15-22)20-9-4-3-5-10-20;1-18-7-3-6-10-23(18)24-17-22(15-16-25(24)2)21-13-11-20(12-14-21)19-8-4-5-9-19;1-18-8-6-7-9-22(18)23-16-21(14-15-25(23)5)20-12-10-19(11-13-20)17-24(2,3)4;1-16(2)18-9-11-19(12-10-18)20-13-14-23(4)22(15-20)21-8-6-5-7-17(21)3;1-15-8-10-17(11-9-15)18-12-13-21(3)20(14-18)19-7-5-4-6-16(19)2/h6-8,11-18,20H,3-5,9-10H2,1-2H3;3,6-7,10-17,19H,4-5,8-9H2,1-2H3;6-16H,17H2,1-5H3;5-16H,1-4H3;4-14H,1-3H3/q5*+1/i;19D;17D2;16D;. The summed E-state index contributed by atoms with van der Waals surface area (Å²) in [6.45, 7) is 22.5. The van der Waals surface area contributed by atoms with Crippen LogP contribution in [0.15, 0.2) is 334 Å². The molecule has 5 nitrogen and oxygen atoms in total. The van der Waals surface area contributed by atoms with Gasteiger partial charge in [0.2, 0.25) is 28.5 Å². The van der Waals surface area contributed by atoms with Crippen LogP contribution in [-0.2, 0) is 41.6 Å². The van der Waals surface area contributed by atoms with Crippen molar-refractivity contribution in [3.05, 3.63) is 390 Å². The first-order valence-electron chi connectivity index (χ1n) is 45.2. The summed E-state index contributed by atoms with van der Waals surface area (Å²) in [7, 11) is 10.5. The molecule has 5 heterocycles. The van der Waals surface area contributed by atoms with Gasteiger partial charge in [-0.2, -0.15) is 0 Å². The third-order valence-corrected chi connectivity index (χ3v) is 23.9. The molecule has 0 spiro atoms. The zero-order valence-electron chi connectivity index (χ0n) is 77.9. The lowest BCUT2D eigenvalue weighted by Gasteiger charge is -2.22. The van der Waals surface area contributed by atoms with E-state index < -0.39 is 17.7 Å². The highest BCUT2D eigenvalue weighted by atomic mass is 14.9. The predicted octanol–water partition coefficient (Wildman–Crippen LogP) is 27.5. The lowest BCUT2D eigenvalue weighted by Crippen LogP contribution is -2.30. The van der Waals surface area contributed by atoms with Crippen LogP contribution in [0.5, 0.6) is 0 Å². The highest BCUT2D eigenvalue weighted by Gasteiger charge is 2.23. The lowest BCUT2D eigenvalue weighted by atomic mass is 9.84. The third kappa shape index (κ3) is 22.1. The molecular formula is C115H126N5+5. The fraction of sp³-hybridized carbons (Fsp3) is 0.261. The molecule has 0 saturated heterocycles. The van der Waals surface area contributed by atoms with Crippen molar-refractivity contribution in [2.24, 2.45) is 40.7 Å². The summed E-state index contributed by atoms with van der Waals surface area (Å²) in [5.74, 6) is -0.157. The van der Waals surface area contributed by atoms with Gasteiger partial charge in [-0.1, -0.05) is 285 Å². The van der Waals surface area contributed by atoms with Gasteiger partial charge in [-0.15, -0.1) is 0 Å². The van der Waals surface area contributed by atoms with Crippen molar-refractivity contribution in [1.82, 2.24) is 0 Å². The first-order chi connectivity index (χ1) is 59.4. The minimum atomic E-state index is -1.37. The Kier molecular flexibility index (Phi) is 26.9. The van der Waals surface area contributed by atoms with Gasteiger partial charge >= 0.3 is 0 Å². The minimum Gasteiger partial charge on any atom is -0.201 e. The Morgan fingerprint density at radius 3 is 0.850 bits per heavy atom. The molecular weight excluding hydrogens is 1450 g/mol. The second kappa shape index (κ2) is 40.1. The Bertz CT molecular complexity index is 6140. The average Bonchev–Trinajstić information content (AvgIpc) is 0.918. The Labute approximate surface area is 724 Å². The number of hydrogen-bond donors (Lipinski definition) is 0. The summed E-state index contributed by atoms with van der Waals surface area (Å²) in [5.41, 5.74) is 36.3. The minimum absolute atomic E-state index is 0.367. The SMILES string of the molecule is Cc1ccc(-c2cc[n+](C)c(-c3ccccc3C)c2)cc1.Cc1ccccc1-c1cc(-c2ccc(C3CCCCC3)cc2)cc[n+]1C.[2H]C(C)(C)c1ccc(-c2cc[n+](C)c(-c3ccccc3C)c2)cc1.[2H]C([2H])(c1ccc(-c2cc[n+](C)c(-c3ccccc3C)c2)cc1)C(C)(C)C.[2H]C1(c2ccc(-c3cc[n+](C)c(-c4ccccc4C)c3)cc2)CCCC1. The molecule has 17 rings (SSSR count). The molecule has 2 saturated carbocycles. The van der Waals surface area contributed by atoms with Crippen molar-refractivity contribution in [1.29, 1.82) is 0 Å². The molecule has 2 fully saturated rings. The van der Waals surface area contributed by atoms with Gasteiger partial charge in [-0.05, 0) is 233 Å². The van der Waals surface area contributed by atoms with E-state index >= 15 is 0 Å². The van der Waals surface area contributed by atoms with E-state index in [0.717, 1.165) is 41.0 Å². The van der Waals surface area contributed by atoms with E-state index in [0.29, 0.717) is 0 Å². The van der Waals surface area contributed by atoms with E-state index in [4.69, 9.17) is 5.48 Å². The molecule has 2 aliphatic rings. The van der Waals surface area contributed by atoms with E-state index in [2.05, 4.69) is 410 Å². The molecule has 0 bridgehead atoms. The highest BCUT2D eigenvalue weighted by Crippen LogP contribution is 2.38. The van der Waals surface area contributed by atoms with Crippen molar-refractivity contribution in [2.45, 2.75) is 158 Å². The van der Waals surface area contributed by atoms with E-state index in [-0.39, 0.29) is 5.89 Å². The number of nitrogens with zero attached hydrogens (tertiary/aromatic N) is 5. The molecule has 10 aromatic carbocycles.